The Bertz CT molecular complexity index is 487. The number of carbonyl (C=O) groups is 2. The highest BCUT2D eigenvalue weighted by atomic mass is 32.2. The maximum atomic E-state index is 12.0. The molecule has 20 heavy (non-hydrogen) atoms. The lowest BCUT2D eigenvalue weighted by atomic mass is 10.2. The topological polar surface area (TPSA) is 95.6 Å². The van der Waals surface area contributed by atoms with Crippen LogP contribution in [0.3, 0.4) is 0 Å². The Balaban J connectivity index is 1.76. The van der Waals surface area contributed by atoms with Crippen molar-refractivity contribution in [2.45, 2.75) is 31.3 Å². The number of hydrogen-bond donors (Lipinski definition) is 2. The average molecular weight is 303 g/mol. The number of likely N-dealkylation sites (N-methyl/N-ethyl adjacent to an activating group) is 1. The van der Waals surface area contributed by atoms with Crippen molar-refractivity contribution in [1.82, 2.24) is 15.5 Å². The maximum Gasteiger partial charge on any atom is 0.239 e. The molecule has 2 rings (SSSR count). The monoisotopic (exact) mass is 303 g/mol. The van der Waals surface area contributed by atoms with Gasteiger partial charge in [0.15, 0.2) is 9.84 Å². The van der Waals surface area contributed by atoms with Crippen LogP contribution in [-0.4, -0.2) is 68.9 Å². The third-order valence-corrected chi connectivity index (χ3v) is 5.21. The van der Waals surface area contributed by atoms with E-state index in [-0.39, 0.29) is 48.4 Å². The maximum absolute atomic E-state index is 12.0. The van der Waals surface area contributed by atoms with Gasteiger partial charge in [0, 0.05) is 32.1 Å². The summed E-state index contributed by atoms with van der Waals surface area (Å²) < 4.78 is 23.0. The third-order valence-electron chi connectivity index (χ3n) is 3.47. The van der Waals surface area contributed by atoms with E-state index in [9.17, 15) is 18.0 Å². The number of carbonyl (C=O) groups excluding carboxylic acids is 2. The summed E-state index contributed by atoms with van der Waals surface area (Å²) >= 11 is 0. The number of rotatable bonds is 5. The van der Waals surface area contributed by atoms with Crippen LogP contribution in [0.2, 0.25) is 0 Å². The summed E-state index contributed by atoms with van der Waals surface area (Å²) in [5, 5.41) is 5.84. The molecule has 0 aromatic heterocycles. The highest BCUT2D eigenvalue weighted by Gasteiger charge is 2.28. The summed E-state index contributed by atoms with van der Waals surface area (Å²) in [6.07, 6.45) is 2.12. The van der Waals surface area contributed by atoms with Crippen LogP contribution in [0.4, 0.5) is 0 Å². The van der Waals surface area contributed by atoms with Crippen LogP contribution in [0.5, 0.6) is 0 Å². The summed E-state index contributed by atoms with van der Waals surface area (Å²) in [5.41, 5.74) is 0. The van der Waals surface area contributed by atoms with Gasteiger partial charge in [-0.3, -0.25) is 9.59 Å². The molecule has 1 aliphatic carbocycles. The Morgan fingerprint density at radius 2 is 2.05 bits per heavy atom. The van der Waals surface area contributed by atoms with E-state index in [2.05, 4.69) is 10.6 Å². The van der Waals surface area contributed by atoms with Crippen LogP contribution in [0, 0.1) is 0 Å². The first-order chi connectivity index (χ1) is 9.35. The molecule has 2 amide bonds. The van der Waals surface area contributed by atoms with Crippen LogP contribution in [0.15, 0.2) is 0 Å². The van der Waals surface area contributed by atoms with E-state index in [1.54, 1.807) is 7.05 Å². The largest absolute Gasteiger partial charge is 0.352 e. The molecular weight excluding hydrogens is 282 g/mol. The summed E-state index contributed by atoms with van der Waals surface area (Å²) in [6, 6.07) is -0.0775. The molecule has 114 valence electrons. The van der Waals surface area contributed by atoms with Gasteiger partial charge in [-0.2, -0.15) is 0 Å². The number of amides is 2. The molecule has 1 unspecified atom stereocenters. The smallest absolute Gasteiger partial charge is 0.239 e. The first kappa shape index (κ1) is 15.2. The molecule has 0 aromatic carbocycles. The molecule has 1 atom stereocenters. The van der Waals surface area contributed by atoms with Crippen LogP contribution in [-0.2, 0) is 19.4 Å². The lowest BCUT2D eigenvalue weighted by molar-refractivity contribution is -0.135. The van der Waals surface area contributed by atoms with Crippen LogP contribution in [0.25, 0.3) is 0 Å². The van der Waals surface area contributed by atoms with Crippen molar-refractivity contribution in [3.63, 3.8) is 0 Å². The lowest BCUT2D eigenvalue weighted by Crippen LogP contribution is -2.48. The van der Waals surface area contributed by atoms with E-state index in [4.69, 9.17) is 0 Å². The summed E-state index contributed by atoms with van der Waals surface area (Å²) in [5.74, 6) is -0.267. The van der Waals surface area contributed by atoms with Crippen molar-refractivity contribution in [2.24, 2.45) is 0 Å². The van der Waals surface area contributed by atoms with Crippen molar-refractivity contribution >= 4 is 21.7 Å². The van der Waals surface area contributed by atoms with Crippen LogP contribution in [0.1, 0.15) is 19.3 Å². The molecule has 0 radical (unpaired) electrons. The van der Waals surface area contributed by atoms with Crippen molar-refractivity contribution in [3.8, 4) is 0 Å². The Kier molecular flexibility index (Phi) is 4.64. The molecule has 2 aliphatic rings. The Morgan fingerprint density at radius 1 is 1.35 bits per heavy atom. The first-order valence-electron chi connectivity index (χ1n) is 6.83. The first-order valence-corrected chi connectivity index (χ1v) is 8.65. The Hall–Kier alpha value is -1.15. The van der Waals surface area contributed by atoms with Crippen molar-refractivity contribution in [3.05, 3.63) is 0 Å². The van der Waals surface area contributed by atoms with Gasteiger partial charge in [-0.05, 0) is 12.8 Å². The van der Waals surface area contributed by atoms with E-state index in [0.29, 0.717) is 6.54 Å². The molecule has 0 aromatic rings. The number of nitrogens with one attached hydrogen (secondary N) is 2. The Labute approximate surface area is 119 Å². The molecule has 0 spiro atoms. The van der Waals surface area contributed by atoms with E-state index in [1.165, 1.54) is 4.90 Å². The highest BCUT2D eigenvalue weighted by molar-refractivity contribution is 7.91. The van der Waals surface area contributed by atoms with Gasteiger partial charge in [-0.1, -0.05) is 0 Å². The zero-order chi connectivity index (χ0) is 14.8. The van der Waals surface area contributed by atoms with Gasteiger partial charge in [0.05, 0.1) is 18.1 Å². The molecule has 2 fully saturated rings. The molecule has 1 saturated carbocycles. The van der Waals surface area contributed by atoms with E-state index < -0.39 is 9.84 Å². The number of sulfone groups is 1. The van der Waals surface area contributed by atoms with E-state index in [1.807, 2.05) is 0 Å². The van der Waals surface area contributed by atoms with Crippen molar-refractivity contribution < 1.29 is 18.0 Å². The fraction of sp³-hybridized carbons (Fsp3) is 0.833. The lowest BCUT2D eigenvalue weighted by Gasteiger charge is -2.25. The summed E-state index contributed by atoms with van der Waals surface area (Å²) in [4.78, 5) is 24.9. The predicted octanol–water partition coefficient (Wildman–Crippen LogP) is -1.50. The second-order valence-corrected chi connectivity index (χ2v) is 7.79. The fourth-order valence-electron chi connectivity index (χ4n) is 2.17. The normalized spacial score (nSPS) is 24.9. The van der Waals surface area contributed by atoms with Gasteiger partial charge in [0.25, 0.3) is 0 Å². The predicted molar refractivity (Wildman–Crippen MR) is 73.9 cm³/mol. The average Bonchev–Trinajstić information content (AvgIpc) is 3.11. The van der Waals surface area contributed by atoms with Gasteiger partial charge < -0.3 is 15.5 Å². The molecule has 8 heteroatoms. The van der Waals surface area contributed by atoms with Gasteiger partial charge in [0.2, 0.25) is 11.8 Å². The Morgan fingerprint density at radius 3 is 2.65 bits per heavy atom. The van der Waals surface area contributed by atoms with Crippen LogP contribution < -0.4 is 10.6 Å². The zero-order valence-corrected chi connectivity index (χ0v) is 12.4. The van der Waals surface area contributed by atoms with E-state index in [0.717, 1.165) is 12.8 Å². The molecule has 0 bridgehead atoms. The minimum absolute atomic E-state index is 0.0130. The quantitative estimate of drug-likeness (QED) is 0.644. The number of hydrogen-bond acceptors (Lipinski definition) is 5. The molecule has 1 saturated heterocycles. The molecule has 2 N–H and O–H groups in total. The fourth-order valence-corrected chi connectivity index (χ4v) is 3.61. The molecule has 7 nitrogen and oxygen atoms in total. The summed E-state index contributed by atoms with van der Waals surface area (Å²) in [7, 11) is -1.48. The van der Waals surface area contributed by atoms with Gasteiger partial charge in [-0.25, -0.2) is 8.42 Å². The van der Waals surface area contributed by atoms with Gasteiger partial charge in [-0.15, -0.1) is 0 Å². The van der Waals surface area contributed by atoms with E-state index >= 15 is 0 Å². The third kappa shape index (κ3) is 4.75. The molecular formula is C12H21N3O4S. The van der Waals surface area contributed by atoms with Gasteiger partial charge >= 0.3 is 0 Å². The molecule has 1 aliphatic heterocycles. The SMILES string of the molecule is CN(CC(=O)NC1CC1)C(=O)CC1CS(=O)(=O)CCN1. The number of nitrogens with zero attached hydrogens (tertiary/aromatic N) is 1. The second kappa shape index (κ2) is 6.09. The van der Waals surface area contributed by atoms with Gasteiger partial charge in [0.1, 0.15) is 0 Å². The minimum atomic E-state index is -3.05. The zero-order valence-electron chi connectivity index (χ0n) is 11.6. The van der Waals surface area contributed by atoms with Crippen LogP contribution >= 0.6 is 0 Å². The standard InChI is InChI=1S/C12H21N3O4S/c1-15(7-11(16)14-9-2-3-9)12(17)6-10-8-20(18,19)5-4-13-10/h9-10,13H,2-8H2,1H3,(H,14,16). The van der Waals surface area contributed by atoms with Crippen molar-refractivity contribution in [2.75, 3.05) is 31.6 Å². The molecule has 1 heterocycles. The highest BCUT2D eigenvalue weighted by Crippen LogP contribution is 2.18. The summed E-state index contributed by atoms with van der Waals surface area (Å²) in [6.45, 7) is 0.404. The van der Waals surface area contributed by atoms with Crippen molar-refractivity contribution in [1.29, 1.82) is 0 Å². The minimum Gasteiger partial charge on any atom is -0.352 e. The second-order valence-electron chi connectivity index (χ2n) is 5.56.